The molecule has 1 amide bonds. The standard InChI is InChI=1S/C13H14N4O2/c1-2-15-13(18)12-16-11(19-17-12)8-5-9-3-6-10(14)7-4-9/h3-8H,2,14H2,1H3,(H,15,18)/b8-5+. The van der Waals surface area contributed by atoms with Crippen molar-refractivity contribution in [2.24, 2.45) is 0 Å². The van der Waals surface area contributed by atoms with Crippen molar-refractivity contribution in [2.45, 2.75) is 6.92 Å². The third-order valence-electron chi connectivity index (χ3n) is 2.34. The van der Waals surface area contributed by atoms with Gasteiger partial charge in [-0.2, -0.15) is 4.98 Å². The van der Waals surface area contributed by atoms with Gasteiger partial charge in [0.2, 0.25) is 0 Å². The molecule has 0 unspecified atom stereocenters. The van der Waals surface area contributed by atoms with Crippen molar-refractivity contribution >= 4 is 23.7 Å². The predicted octanol–water partition coefficient (Wildman–Crippen LogP) is 1.57. The molecule has 1 aromatic heterocycles. The van der Waals surface area contributed by atoms with Gasteiger partial charge in [0, 0.05) is 18.3 Å². The Hall–Kier alpha value is -2.63. The van der Waals surface area contributed by atoms with Gasteiger partial charge >= 0.3 is 0 Å². The Morgan fingerprint density at radius 1 is 1.37 bits per heavy atom. The molecule has 0 spiro atoms. The molecule has 6 nitrogen and oxygen atoms in total. The molecule has 6 heteroatoms. The maximum absolute atomic E-state index is 11.4. The fourth-order valence-corrected chi connectivity index (χ4v) is 1.41. The van der Waals surface area contributed by atoms with E-state index in [1.807, 2.05) is 19.1 Å². The lowest BCUT2D eigenvalue weighted by atomic mass is 10.2. The summed E-state index contributed by atoms with van der Waals surface area (Å²) in [7, 11) is 0. The molecule has 0 bridgehead atoms. The van der Waals surface area contributed by atoms with Crippen LogP contribution < -0.4 is 11.1 Å². The van der Waals surface area contributed by atoms with Gasteiger partial charge in [0.15, 0.2) is 0 Å². The summed E-state index contributed by atoms with van der Waals surface area (Å²) in [5.74, 6) is -0.0460. The first-order valence-electron chi connectivity index (χ1n) is 5.84. The lowest BCUT2D eigenvalue weighted by molar-refractivity contribution is 0.0942. The van der Waals surface area contributed by atoms with E-state index in [1.165, 1.54) is 0 Å². The molecular formula is C13H14N4O2. The predicted molar refractivity (Wildman–Crippen MR) is 72.1 cm³/mol. The van der Waals surface area contributed by atoms with Crippen LogP contribution in [0.4, 0.5) is 5.69 Å². The molecule has 0 aliphatic carbocycles. The van der Waals surface area contributed by atoms with Crippen LogP contribution in [0.1, 0.15) is 29.0 Å². The first-order chi connectivity index (χ1) is 9.19. The third-order valence-corrected chi connectivity index (χ3v) is 2.34. The molecule has 0 aliphatic heterocycles. The van der Waals surface area contributed by atoms with Gasteiger partial charge in [0.25, 0.3) is 17.6 Å². The van der Waals surface area contributed by atoms with Gasteiger partial charge in [-0.05, 0) is 30.7 Å². The monoisotopic (exact) mass is 258 g/mol. The minimum Gasteiger partial charge on any atom is -0.399 e. The molecule has 0 atom stereocenters. The molecule has 1 heterocycles. The maximum Gasteiger partial charge on any atom is 0.292 e. The molecule has 3 N–H and O–H groups in total. The van der Waals surface area contributed by atoms with Crippen molar-refractivity contribution in [2.75, 3.05) is 12.3 Å². The number of rotatable bonds is 4. The molecule has 2 rings (SSSR count). The van der Waals surface area contributed by atoms with E-state index in [9.17, 15) is 4.79 Å². The molecule has 19 heavy (non-hydrogen) atoms. The van der Waals surface area contributed by atoms with Crippen LogP contribution in [0.3, 0.4) is 0 Å². The number of nitrogen functional groups attached to an aromatic ring is 1. The third kappa shape index (κ3) is 3.41. The highest BCUT2D eigenvalue weighted by Crippen LogP contribution is 2.09. The fourth-order valence-electron chi connectivity index (χ4n) is 1.41. The van der Waals surface area contributed by atoms with Crippen molar-refractivity contribution in [1.29, 1.82) is 0 Å². The fraction of sp³-hybridized carbons (Fsp3) is 0.154. The van der Waals surface area contributed by atoms with Crippen LogP contribution in [0.5, 0.6) is 0 Å². The second-order valence-electron chi connectivity index (χ2n) is 3.82. The largest absolute Gasteiger partial charge is 0.399 e. The van der Waals surface area contributed by atoms with E-state index in [2.05, 4.69) is 15.5 Å². The van der Waals surface area contributed by atoms with Gasteiger partial charge in [0.05, 0.1) is 0 Å². The minimum atomic E-state index is -0.349. The Bertz CT molecular complexity index is 587. The van der Waals surface area contributed by atoms with Crippen LogP contribution in [-0.2, 0) is 0 Å². The van der Waals surface area contributed by atoms with E-state index in [0.29, 0.717) is 12.2 Å². The summed E-state index contributed by atoms with van der Waals surface area (Å²) < 4.78 is 4.94. The van der Waals surface area contributed by atoms with Crippen LogP contribution in [0, 0.1) is 0 Å². The highest BCUT2D eigenvalue weighted by Gasteiger charge is 2.11. The van der Waals surface area contributed by atoms with Crippen LogP contribution >= 0.6 is 0 Å². The van der Waals surface area contributed by atoms with Gasteiger partial charge in [-0.15, -0.1) is 0 Å². The summed E-state index contributed by atoms with van der Waals surface area (Å²) in [6.45, 7) is 2.34. The second kappa shape index (κ2) is 5.81. The van der Waals surface area contributed by atoms with E-state index in [0.717, 1.165) is 5.56 Å². The zero-order chi connectivity index (χ0) is 13.7. The lowest BCUT2D eigenvalue weighted by Gasteiger charge is -1.93. The van der Waals surface area contributed by atoms with E-state index >= 15 is 0 Å². The molecular weight excluding hydrogens is 244 g/mol. The zero-order valence-corrected chi connectivity index (χ0v) is 10.5. The number of carbonyl (C=O) groups is 1. The Labute approximate surface area is 110 Å². The number of amides is 1. The number of carbonyl (C=O) groups excluding carboxylic acids is 1. The molecule has 0 radical (unpaired) electrons. The molecule has 0 fully saturated rings. The van der Waals surface area contributed by atoms with E-state index in [4.69, 9.17) is 10.3 Å². The summed E-state index contributed by atoms with van der Waals surface area (Å²) in [4.78, 5) is 15.4. The summed E-state index contributed by atoms with van der Waals surface area (Å²) in [5.41, 5.74) is 7.24. The van der Waals surface area contributed by atoms with E-state index < -0.39 is 0 Å². The molecule has 0 aliphatic rings. The zero-order valence-electron chi connectivity index (χ0n) is 10.5. The smallest absolute Gasteiger partial charge is 0.292 e. The topological polar surface area (TPSA) is 94.0 Å². The first-order valence-corrected chi connectivity index (χ1v) is 5.84. The number of aromatic nitrogens is 2. The quantitative estimate of drug-likeness (QED) is 0.812. The Morgan fingerprint density at radius 3 is 2.79 bits per heavy atom. The van der Waals surface area contributed by atoms with Crippen LogP contribution in [0.2, 0.25) is 0 Å². The number of nitrogens with two attached hydrogens (primary N) is 1. The number of hydrogen-bond acceptors (Lipinski definition) is 5. The number of benzene rings is 1. The van der Waals surface area contributed by atoms with Crippen LogP contribution in [0.15, 0.2) is 28.8 Å². The molecule has 0 saturated heterocycles. The highest BCUT2D eigenvalue weighted by molar-refractivity contribution is 5.90. The molecule has 0 saturated carbocycles. The van der Waals surface area contributed by atoms with Gasteiger partial charge in [0.1, 0.15) is 0 Å². The van der Waals surface area contributed by atoms with Gasteiger partial charge in [-0.25, -0.2) is 0 Å². The summed E-state index contributed by atoms with van der Waals surface area (Å²) in [5, 5.41) is 6.18. The van der Waals surface area contributed by atoms with Crippen molar-refractivity contribution in [3.05, 3.63) is 41.5 Å². The normalized spacial score (nSPS) is 10.8. The van der Waals surface area contributed by atoms with Crippen LogP contribution in [-0.4, -0.2) is 22.6 Å². The minimum absolute atomic E-state index is 0.0267. The lowest BCUT2D eigenvalue weighted by Crippen LogP contribution is -2.23. The molecule has 1 aromatic carbocycles. The Balaban J connectivity index is 2.07. The maximum atomic E-state index is 11.4. The molecule has 98 valence electrons. The number of nitrogens with one attached hydrogen (secondary N) is 1. The average Bonchev–Trinajstić information content (AvgIpc) is 2.87. The summed E-state index contributed by atoms with van der Waals surface area (Å²) in [6, 6.07) is 7.33. The number of hydrogen-bond donors (Lipinski definition) is 2. The summed E-state index contributed by atoms with van der Waals surface area (Å²) >= 11 is 0. The van der Waals surface area contributed by atoms with Crippen molar-refractivity contribution in [3.63, 3.8) is 0 Å². The Kier molecular flexibility index (Phi) is 3.92. The van der Waals surface area contributed by atoms with E-state index in [-0.39, 0.29) is 17.6 Å². The second-order valence-corrected chi connectivity index (χ2v) is 3.82. The Morgan fingerprint density at radius 2 is 2.11 bits per heavy atom. The highest BCUT2D eigenvalue weighted by atomic mass is 16.5. The van der Waals surface area contributed by atoms with Crippen molar-refractivity contribution in [3.8, 4) is 0 Å². The van der Waals surface area contributed by atoms with Crippen molar-refractivity contribution < 1.29 is 9.32 Å². The average molecular weight is 258 g/mol. The summed E-state index contributed by atoms with van der Waals surface area (Å²) in [6.07, 6.45) is 3.44. The van der Waals surface area contributed by atoms with Gasteiger partial charge < -0.3 is 15.6 Å². The number of nitrogens with zero attached hydrogens (tertiary/aromatic N) is 2. The number of anilines is 1. The molecule has 2 aromatic rings. The van der Waals surface area contributed by atoms with Gasteiger partial charge in [-0.1, -0.05) is 17.3 Å². The van der Waals surface area contributed by atoms with Crippen molar-refractivity contribution in [1.82, 2.24) is 15.5 Å². The van der Waals surface area contributed by atoms with Gasteiger partial charge in [-0.3, -0.25) is 4.79 Å². The first kappa shape index (κ1) is 12.8. The van der Waals surface area contributed by atoms with E-state index in [1.54, 1.807) is 24.3 Å². The van der Waals surface area contributed by atoms with Crippen LogP contribution in [0.25, 0.3) is 12.2 Å². The SMILES string of the molecule is CCNC(=O)c1noc(/C=C/c2ccc(N)cc2)n1.